The van der Waals surface area contributed by atoms with Gasteiger partial charge in [-0.25, -0.2) is 4.89 Å². The third-order valence-electron chi connectivity index (χ3n) is 11.4. The highest BCUT2D eigenvalue weighted by atomic mass is 17.2. The number of rotatable bonds is 0. The fourth-order valence-electron chi connectivity index (χ4n) is 10.5. The molecule has 1 N–H and O–H groups in total. The Morgan fingerprint density at radius 2 is 1.68 bits per heavy atom. The molecule has 6 bridgehead atoms. The molecule has 8 aliphatic rings. The minimum absolute atomic E-state index is 0.00616. The smallest absolute Gasteiger partial charge is 0.245 e. The van der Waals surface area contributed by atoms with Gasteiger partial charge in [0.05, 0.1) is 6.10 Å². The Morgan fingerprint density at radius 3 is 2.39 bits per heavy atom. The maximum Gasteiger partial charge on any atom is 0.245 e. The van der Waals surface area contributed by atoms with Gasteiger partial charge in [-0.1, -0.05) is 34.6 Å². The van der Waals surface area contributed by atoms with Crippen molar-refractivity contribution in [2.45, 2.75) is 97.6 Å². The van der Waals surface area contributed by atoms with Gasteiger partial charge in [0.25, 0.3) is 0 Å². The highest BCUT2D eigenvalue weighted by Crippen LogP contribution is 2.82. The molecule has 3 aliphatic heterocycles. The molecule has 3 saturated heterocycles. The van der Waals surface area contributed by atoms with E-state index in [1.54, 1.807) is 0 Å². The molecule has 5 aliphatic carbocycles. The van der Waals surface area contributed by atoms with Gasteiger partial charge in [-0.2, -0.15) is 4.89 Å². The van der Waals surface area contributed by atoms with Crippen LogP contribution >= 0.6 is 0 Å². The molecule has 6 heteroatoms. The average Bonchev–Trinajstić information content (AvgIpc) is 3.44. The Kier molecular flexibility index (Phi) is 3.18. The molecule has 3 unspecified atom stereocenters. The first-order chi connectivity index (χ1) is 14.3. The molecule has 0 amide bonds. The summed E-state index contributed by atoms with van der Waals surface area (Å²) in [6, 6.07) is 0. The zero-order valence-electron chi connectivity index (χ0n) is 19.7. The number of aliphatic hydroxyl groups is 1. The lowest BCUT2D eigenvalue weighted by atomic mass is 9.37. The van der Waals surface area contributed by atoms with E-state index in [4.69, 9.17) is 19.2 Å². The van der Waals surface area contributed by atoms with Crippen LogP contribution in [-0.2, 0) is 24.0 Å². The second-order valence-electron chi connectivity index (χ2n) is 13.6. The van der Waals surface area contributed by atoms with Crippen LogP contribution < -0.4 is 0 Å². The third kappa shape index (κ3) is 1.70. The minimum atomic E-state index is -1.54. The molecule has 8 fully saturated rings. The lowest BCUT2D eigenvalue weighted by Crippen LogP contribution is -2.82. The number of hydrogen-bond donors (Lipinski definition) is 1. The van der Waals surface area contributed by atoms with Crippen LogP contribution in [0.4, 0.5) is 0 Å². The van der Waals surface area contributed by atoms with Gasteiger partial charge < -0.3 is 14.6 Å². The largest absolute Gasteiger partial charge is 0.387 e. The number of hydrogen-bond acceptors (Lipinski definition) is 6. The second-order valence-corrected chi connectivity index (χ2v) is 13.6. The van der Waals surface area contributed by atoms with Gasteiger partial charge in [-0.3, -0.25) is 4.79 Å². The molecule has 8 rings (SSSR count). The summed E-state index contributed by atoms with van der Waals surface area (Å²) in [5.74, 6) is -1.48. The Balaban J connectivity index is 1.57. The second kappa shape index (κ2) is 4.95. The highest BCUT2D eigenvalue weighted by molar-refractivity contribution is 5.96. The van der Waals surface area contributed by atoms with Crippen molar-refractivity contribution >= 4 is 5.78 Å². The number of Topliss-reactive ketones (excluding diaryl/α,β-unsaturated/α-hetero) is 1. The Labute approximate surface area is 184 Å². The molecule has 0 aromatic carbocycles. The molecule has 172 valence electrons. The average molecular weight is 433 g/mol. The first-order valence-electron chi connectivity index (χ1n) is 12.2. The quantitative estimate of drug-likeness (QED) is 0.591. The molecule has 5 saturated carbocycles. The zero-order chi connectivity index (χ0) is 22.1. The summed E-state index contributed by atoms with van der Waals surface area (Å²) in [6.07, 6.45) is 1.53. The number of ether oxygens (including phenoxy) is 2. The van der Waals surface area contributed by atoms with Crippen molar-refractivity contribution in [1.82, 2.24) is 0 Å². The summed E-state index contributed by atoms with van der Waals surface area (Å²) in [4.78, 5) is 27.1. The first kappa shape index (κ1) is 19.9. The minimum Gasteiger partial charge on any atom is -0.387 e. The van der Waals surface area contributed by atoms with E-state index in [0.717, 1.165) is 19.3 Å². The van der Waals surface area contributed by atoms with Crippen molar-refractivity contribution in [2.24, 2.45) is 51.2 Å². The van der Waals surface area contributed by atoms with Crippen LogP contribution in [0, 0.1) is 51.2 Å². The summed E-state index contributed by atoms with van der Waals surface area (Å²) in [5.41, 5.74) is -2.08. The molecular formula is C25H36O6. The summed E-state index contributed by atoms with van der Waals surface area (Å²) in [5, 5.41) is 12.3. The standard InChI is InChI=1S/C25H36O6/c1-20(2)13-10-11(13)17-23(7)14-9-8-12-18-24(14,19(27)21(12,3)4)25(31-29-17,16(26)15(20)23)30-22(5,6)28-18/h11-18,26H,8-10H2,1-7H3/t11?,12-,13?,14+,15-,16+,17?,18+,23+,24-,25-/m1/s1. The van der Waals surface area contributed by atoms with E-state index in [2.05, 4.69) is 34.6 Å². The molecule has 6 nitrogen and oxygen atoms in total. The molecule has 11 atom stereocenters. The predicted molar refractivity (Wildman–Crippen MR) is 109 cm³/mol. The lowest BCUT2D eigenvalue weighted by molar-refractivity contribution is -0.542. The number of fused-ring (bicyclic) bond motifs is 2. The van der Waals surface area contributed by atoms with E-state index >= 15 is 0 Å². The van der Waals surface area contributed by atoms with E-state index in [9.17, 15) is 9.90 Å². The van der Waals surface area contributed by atoms with Crippen LogP contribution in [0.25, 0.3) is 0 Å². The van der Waals surface area contributed by atoms with Crippen molar-refractivity contribution in [1.29, 1.82) is 0 Å². The van der Waals surface area contributed by atoms with Gasteiger partial charge in [-0.15, -0.1) is 0 Å². The van der Waals surface area contributed by atoms with Gasteiger partial charge in [0.1, 0.15) is 17.6 Å². The Hall–Kier alpha value is -0.530. The maximum atomic E-state index is 14.5. The number of aliphatic hydroxyl groups excluding tert-OH is 1. The van der Waals surface area contributed by atoms with E-state index in [1.165, 1.54) is 0 Å². The highest BCUT2D eigenvalue weighted by Gasteiger charge is 2.92. The predicted octanol–water partition coefficient (Wildman–Crippen LogP) is 3.46. The van der Waals surface area contributed by atoms with Crippen LogP contribution in [0.5, 0.6) is 0 Å². The van der Waals surface area contributed by atoms with Gasteiger partial charge in [0, 0.05) is 16.7 Å². The Morgan fingerprint density at radius 1 is 0.968 bits per heavy atom. The summed E-state index contributed by atoms with van der Waals surface area (Å²) in [6.45, 7) is 14.7. The van der Waals surface area contributed by atoms with Crippen molar-refractivity contribution < 1.29 is 29.1 Å². The summed E-state index contributed by atoms with van der Waals surface area (Å²) >= 11 is 0. The van der Waals surface area contributed by atoms with Gasteiger partial charge in [0.15, 0.2) is 11.6 Å². The summed E-state index contributed by atoms with van der Waals surface area (Å²) in [7, 11) is 0. The molecule has 0 aromatic rings. The van der Waals surface area contributed by atoms with Gasteiger partial charge >= 0.3 is 0 Å². The van der Waals surface area contributed by atoms with Crippen LogP contribution in [0.15, 0.2) is 0 Å². The van der Waals surface area contributed by atoms with E-state index in [-0.39, 0.29) is 46.6 Å². The molecular weight excluding hydrogens is 396 g/mol. The van der Waals surface area contributed by atoms with Crippen LogP contribution in [-0.4, -0.2) is 40.8 Å². The van der Waals surface area contributed by atoms with Gasteiger partial charge in [0.2, 0.25) is 5.79 Å². The van der Waals surface area contributed by atoms with E-state index < -0.39 is 28.5 Å². The van der Waals surface area contributed by atoms with Crippen molar-refractivity contribution in [3.63, 3.8) is 0 Å². The van der Waals surface area contributed by atoms with Crippen LogP contribution in [0.2, 0.25) is 0 Å². The van der Waals surface area contributed by atoms with E-state index in [0.29, 0.717) is 11.8 Å². The Bertz CT molecular complexity index is 910. The van der Waals surface area contributed by atoms with Crippen LogP contribution in [0.3, 0.4) is 0 Å². The number of carbonyl (C=O) groups is 1. The SMILES string of the molecule is CC1(C)O[C@H]2[C@H]3CC[C@H]4[C@]5(C)C6OO[C@](O1)([C@@H](O)[C@@H]5C(C)(C)C1CC16)[C@@]24C(=O)C3(C)C. The van der Waals surface area contributed by atoms with Crippen molar-refractivity contribution in [3.05, 3.63) is 0 Å². The molecule has 2 spiro atoms. The zero-order valence-corrected chi connectivity index (χ0v) is 19.7. The normalized spacial score (nSPS) is 63.2. The molecule has 0 aromatic heterocycles. The number of carbonyl (C=O) groups excluding carboxylic acids is 1. The molecule has 0 radical (unpaired) electrons. The topological polar surface area (TPSA) is 74.2 Å². The summed E-state index contributed by atoms with van der Waals surface area (Å²) < 4.78 is 13.2. The number of ketones is 1. The van der Waals surface area contributed by atoms with E-state index in [1.807, 2.05) is 13.8 Å². The third-order valence-corrected chi connectivity index (χ3v) is 11.4. The molecule has 3 heterocycles. The molecule has 31 heavy (non-hydrogen) atoms. The van der Waals surface area contributed by atoms with Crippen molar-refractivity contribution in [2.75, 3.05) is 0 Å². The maximum absolute atomic E-state index is 14.5. The lowest BCUT2D eigenvalue weighted by Gasteiger charge is -2.70. The van der Waals surface area contributed by atoms with Crippen LogP contribution in [0.1, 0.15) is 67.7 Å². The fourth-order valence-corrected chi connectivity index (χ4v) is 10.5. The van der Waals surface area contributed by atoms with Gasteiger partial charge in [-0.05, 0) is 62.2 Å². The fraction of sp³-hybridized carbons (Fsp3) is 0.960. The van der Waals surface area contributed by atoms with Crippen molar-refractivity contribution in [3.8, 4) is 0 Å². The monoisotopic (exact) mass is 432 g/mol. The first-order valence-corrected chi connectivity index (χ1v) is 12.2.